The van der Waals surface area contributed by atoms with E-state index >= 15 is 0 Å². The third-order valence-electron chi connectivity index (χ3n) is 13.6. The number of aliphatic hydroxyl groups is 1. The molecule has 4 fully saturated rings. The smallest absolute Gasteiger partial charge is 0.317 e. The molecule has 9 rings (SSSR count). The number of ether oxygens (including phenoxy) is 1. The first-order chi connectivity index (χ1) is 30.6. The van der Waals surface area contributed by atoms with Gasteiger partial charge in [0.25, 0.3) is 0 Å². The zero-order valence-corrected chi connectivity index (χ0v) is 36.1. The van der Waals surface area contributed by atoms with E-state index in [0.717, 1.165) is 60.3 Å². The van der Waals surface area contributed by atoms with Crippen LogP contribution in [0.1, 0.15) is 71.6 Å². The summed E-state index contributed by atoms with van der Waals surface area (Å²) >= 11 is 0. The molecule has 4 saturated heterocycles. The van der Waals surface area contributed by atoms with Gasteiger partial charge in [0.2, 0.25) is 17.4 Å². The minimum absolute atomic E-state index is 0.00564. The molecule has 4 N–H and O–H groups in total. The quantitative estimate of drug-likeness (QED) is 0.0738. The molecule has 0 aliphatic carbocycles. The number of nitrogens with zero attached hydrogens (tertiary/aromatic N) is 3. The van der Waals surface area contributed by atoms with Crippen molar-refractivity contribution in [2.24, 2.45) is 5.92 Å². The molecule has 2 bridgehead atoms. The lowest BCUT2D eigenvalue weighted by molar-refractivity contribution is -0.168. The van der Waals surface area contributed by atoms with Gasteiger partial charge in [-0.2, -0.15) is 0 Å². The summed E-state index contributed by atoms with van der Waals surface area (Å²) < 4.78 is 6.33. The number of H-pyrrole nitrogens is 1. The number of aliphatic hydroxyl groups excluding tert-OH is 1. The SMILES string of the molecule is Cc1ccccc1CN(CCCNC[C@H](O)c1ccc(O)c2[nH]c(=O)ccc12)C(=O)Cc1ccc(CC(=O)N2CCC(C(=O)O[C@H]3CN4CCC3CC4)(c3ccccc3)CC2)cc1. The Bertz CT molecular complexity index is 2440. The fourth-order valence-corrected chi connectivity index (χ4v) is 9.73. The van der Waals surface area contributed by atoms with Gasteiger partial charge in [0.05, 0.1) is 29.9 Å². The Morgan fingerprint density at radius 3 is 2.27 bits per heavy atom. The van der Waals surface area contributed by atoms with Crippen molar-refractivity contribution in [2.75, 3.05) is 52.4 Å². The van der Waals surface area contributed by atoms with Crippen LogP contribution in [0.5, 0.6) is 5.75 Å². The minimum Gasteiger partial charge on any atom is -0.506 e. The molecule has 4 aromatic carbocycles. The molecule has 2 atom stereocenters. The number of benzene rings is 4. The molecule has 12 heteroatoms. The van der Waals surface area contributed by atoms with Crippen LogP contribution in [0.2, 0.25) is 0 Å². The van der Waals surface area contributed by atoms with E-state index in [4.69, 9.17) is 4.74 Å². The maximum atomic E-state index is 14.1. The minimum atomic E-state index is -0.879. The number of rotatable bonds is 16. The van der Waals surface area contributed by atoms with Gasteiger partial charge in [-0.3, -0.25) is 24.1 Å². The molecular weight excluding hydrogens is 795 g/mol. The van der Waals surface area contributed by atoms with Crippen molar-refractivity contribution >= 4 is 28.7 Å². The highest BCUT2D eigenvalue weighted by molar-refractivity contribution is 5.87. The Morgan fingerprint density at radius 2 is 1.57 bits per heavy atom. The summed E-state index contributed by atoms with van der Waals surface area (Å²) in [5, 5.41) is 25.1. The van der Waals surface area contributed by atoms with Crippen molar-refractivity contribution in [3.63, 3.8) is 0 Å². The second kappa shape index (κ2) is 19.7. The maximum absolute atomic E-state index is 14.1. The number of pyridine rings is 1. The van der Waals surface area contributed by atoms with Crippen molar-refractivity contribution in [3.8, 4) is 5.75 Å². The number of likely N-dealkylation sites (tertiary alicyclic amines) is 1. The van der Waals surface area contributed by atoms with Crippen LogP contribution < -0.4 is 10.9 Å². The lowest BCUT2D eigenvalue weighted by Gasteiger charge is -2.46. The summed E-state index contributed by atoms with van der Waals surface area (Å²) in [6, 6.07) is 31.8. The highest BCUT2D eigenvalue weighted by Crippen LogP contribution is 2.39. The van der Waals surface area contributed by atoms with Crippen LogP contribution in [0.25, 0.3) is 10.9 Å². The van der Waals surface area contributed by atoms with Gasteiger partial charge in [-0.05, 0) is 110 Å². The fourth-order valence-electron chi connectivity index (χ4n) is 9.73. The lowest BCUT2D eigenvalue weighted by Crippen LogP contribution is -2.55. The third kappa shape index (κ3) is 10.2. The number of esters is 1. The van der Waals surface area contributed by atoms with Crippen molar-refractivity contribution < 1.29 is 29.3 Å². The summed E-state index contributed by atoms with van der Waals surface area (Å²) in [6.45, 7) is 7.74. The molecule has 12 nitrogen and oxygen atoms in total. The van der Waals surface area contributed by atoms with Gasteiger partial charge in [-0.1, -0.05) is 84.9 Å². The van der Waals surface area contributed by atoms with E-state index in [0.29, 0.717) is 68.9 Å². The van der Waals surface area contributed by atoms with Gasteiger partial charge in [-0.25, -0.2) is 0 Å². The number of piperidine rings is 4. The van der Waals surface area contributed by atoms with E-state index < -0.39 is 11.5 Å². The van der Waals surface area contributed by atoms with Crippen LogP contribution >= 0.6 is 0 Å². The molecule has 4 aliphatic rings. The van der Waals surface area contributed by atoms with Crippen LogP contribution in [0, 0.1) is 12.8 Å². The molecule has 0 saturated carbocycles. The highest BCUT2D eigenvalue weighted by atomic mass is 16.5. The van der Waals surface area contributed by atoms with Crippen LogP contribution in [0.15, 0.2) is 108 Å². The Morgan fingerprint density at radius 1 is 0.873 bits per heavy atom. The number of amides is 2. The summed E-state index contributed by atoms with van der Waals surface area (Å²) in [4.78, 5) is 62.3. The first-order valence-electron chi connectivity index (χ1n) is 22.5. The first kappa shape index (κ1) is 43.8. The Kier molecular flexibility index (Phi) is 13.7. The van der Waals surface area contributed by atoms with E-state index in [-0.39, 0.29) is 60.1 Å². The number of carbonyl (C=O) groups is 3. The number of hydrogen-bond acceptors (Lipinski definition) is 9. The predicted molar refractivity (Wildman–Crippen MR) is 242 cm³/mol. The van der Waals surface area contributed by atoms with Gasteiger partial charge in [0.15, 0.2) is 0 Å². The van der Waals surface area contributed by atoms with Crippen LogP contribution in [0.4, 0.5) is 0 Å². The summed E-state index contributed by atoms with van der Waals surface area (Å²) in [6.07, 6.45) is 3.33. The largest absolute Gasteiger partial charge is 0.506 e. The van der Waals surface area contributed by atoms with Crippen LogP contribution in [-0.2, 0) is 43.9 Å². The van der Waals surface area contributed by atoms with Crippen molar-refractivity contribution in [1.82, 2.24) is 25.0 Å². The van der Waals surface area contributed by atoms with E-state index in [1.165, 1.54) is 12.1 Å². The number of phenols is 1. The highest BCUT2D eigenvalue weighted by Gasteiger charge is 2.47. The molecule has 330 valence electrons. The van der Waals surface area contributed by atoms with Gasteiger partial charge < -0.3 is 35.1 Å². The van der Waals surface area contributed by atoms with Crippen molar-refractivity contribution in [1.29, 1.82) is 0 Å². The third-order valence-corrected chi connectivity index (χ3v) is 13.6. The molecule has 2 amide bonds. The summed E-state index contributed by atoms with van der Waals surface area (Å²) in [5.74, 6) is 0.221. The standard InChI is InChI=1S/C51H59N5O7/c1-35-8-5-6-9-39(35)33-56(25-7-24-52-32-44(58)41-16-18-43(57)49-42(41)17-19-46(59)53-49)48(61)31-37-14-12-36(13-15-37)30-47(60)55-28-22-51(23-29-55,40-10-3-2-4-11-40)50(62)63-45-34-54-26-20-38(45)21-27-54/h2-6,8-19,38,44-45,52,57-58H,7,20-34H2,1H3,(H,53,59)/t44-,45-/m0/s1. The topological polar surface area (TPSA) is 156 Å². The van der Waals surface area contributed by atoms with E-state index in [1.807, 2.05) is 95.6 Å². The molecule has 4 aliphatic heterocycles. The molecule has 5 heterocycles. The van der Waals surface area contributed by atoms with Gasteiger partial charge >= 0.3 is 5.97 Å². The van der Waals surface area contributed by atoms with Crippen molar-refractivity contribution in [3.05, 3.63) is 147 Å². The van der Waals surface area contributed by atoms with Crippen LogP contribution in [-0.4, -0.2) is 106 Å². The number of phenolic OH excluding ortho intramolecular Hbond substituents is 1. The van der Waals surface area contributed by atoms with E-state index in [1.54, 1.807) is 12.1 Å². The maximum Gasteiger partial charge on any atom is 0.317 e. The molecule has 1 aromatic heterocycles. The number of carbonyl (C=O) groups excluding carboxylic acids is 3. The molecule has 0 unspecified atom stereocenters. The number of hydrogen-bond donors (Lipinski definition) is 4. The number of nitrogens with one attached hydrogen (secondary N) is 2. The average molecular weight is 854 g/mol. The second-order valence-corrected chi connectivity index (χ2v) is 17.7. The van der Waals surface area contributed by atoms with E-state index in [2.05, 4.69) is 15.2 Å². The zero-order chi connectivity index (χ0) is 43.9. The number of aromatic nitrogens is 1. The summed E-state index contributed by atoms with van der Waals surface area (Å²) in [5.41, 5.74) is 4.64. The van der Waals surface area contributed by atoms with E-state index in [9.17, 15) is 29.4 Å². The average Bonchev–Trinajstić information content (AvgIpc) is 3.30. The number of aromatic hydroxyl groups is 1. The number of aromatic amines is 1. The first-order valence-corrected chi connectivity index (χ1v) is 22.5. The molecule has 5 aromatic rings. The van der Waals surface area contributed by atoms with Crippen LogP contribution in [0.3, 0.4) is 0 Å². The second-order valence-electron chi connectivity index (χ2n) is 17.7. The normalized spacial score (nSPS) is 19.7. The Balaban J connectivity index is 0.844. The lowest BCUT2D eigenvalue weighted by atomic mass is 9.72. The monoisotopic (exact) mass is 853 g/mol. The van der Waals surface area contributed by atoms with Gasteiger partial charge in [0.1, 0.15) is 11.9 Å². The fraction of sp³-hybridized carbons (Fsp3) is 0.412. The molecule has 0 radical (unpaired) electrons. The summed E-state index contributed by atoms with van der Waals surface area (Å²) in [7, 11) is 0. The molecule has 63 heavy (non-hydrogen) atoms. The number of fused-ring (bicyclic) bond motifs is 4. The Hall–Kier alpha value is -5.82. The van der Waals surface area contributed by atoms with Gasteiger partial charge in [0, 0.05) is 50.7 Å². The predicted octanol–water partition coefficient (Wildman–Crippen LogP) is 5.57. The van der Waals surface area contributed by atoms with Gasteiger partial charge in [-0.15, -0.1) is 0 Å². The Labute approximate surface area is 368 Å². The van der Waals surface area contributed by atoms with Crippen molar-refractivity contribution in [2.45, 2.75) is 76.0 Å². The molecular formula is C51H59N5O7. The zero-order valence-electron chi connectivity index (χ0n) is 36.1. The number of aryl methyl sites for hydroxylation is 1. The molecule has 0 spiro atoms.